The summed E-state index contributed by atoms with van der Waals surface area (Å²) in [4.78, 5) is 45.8. The number of hydrogen-bond donors (Lipinski definition) is 4. The number of nitrogens with one attached hydrogen (secondary N) is 4. The third-order valence-corrected chi connectivity index (χ3v) is 7.20. The molecular formula is C29H30ClN9O4. The van der Waals surface area contributed by atoms with Gasteiger partial charge in [-0.2, -0.15) is 4.68 Å². The first-order valence-electron chi connectivity index (χ1n) is 13.6. The van der Waals surface area contributed by atoms with Crippen molar-refractivity contribution in [1.82, 2.24) is 35.5 Å². The number of anilines is 2. The summed E-state index contributed by atoms with van der Waals surface area (Å²) in [5, 5.41) is 20.4. The minimum absolute atomic E-state index is 0.107. The number of amides is 3. The predicted octanol–water partition coefficient (Wildman–Crippen LogP) is 4.90. The van der Waals surface area contributed by atoms with Gasteiger partial charge in [0, 0.05) is 40.5 Å². The maximum Gasteiger partial charge on any atom is 0.411 e. The van der Waals surface area contributed by atoms with E-state index in [9.17, 15) is 14.4 Å². The number of benzene rings is 2. The molecule has 0 aliphatic carbocycles. The molecule has 0 spiro atoms. The smallest absolute Gasteiger partial charge is 0.411 e. The molecule has 3 heterocycles. The van der Waals surface area contributed by atoms with Crippen LogP contribution in [0.5, 0.6) is 0 Å². The van der Waals surface area contributed by atoms with E-state index in [2.05, 4.69) is 41.2 Å². The molecule has 0 fully saturated rings. The molecule has 4 aromatic rings. The monoisotopic (exact) mass is 603 g/mol. The fourth-order valence-corrected chi connectivity index (χ4v) is 5.04. The van der Waals surface area contributed by atoms with Crippen LogP contribution in [0.15, 0.2) is 55.0 Å². The highest BCUT2D eigenvalue weighted by Crippen LogP contribution is 2.32. The van der Waals surface area contributed by atoms with Crippen LogP contribution >= 0.6 is 11.6 Å². The molecule has 222 valence electrons. The average molecular weight is 604 g/mol. The van der Waals surface area contributed by atoms with Crippen molar-refractivity contribution in [2.75, 3.05) is 17.7 Å². The molecule has 5 rings (SSSR count). The maximum atomic E-state index is 13.2. The summed E-state index contributed by atoms with van der Waals surface area (Å²) in [5.41, 5.74) is 3.50. The van der Waals surface area contributed by atoms with Crippen LogP contribution in [0.1, 0.15) is 50.0 Å². The van der Waals surface area contributed by atoms with Crippen LogP contribution in [0.2, 0.25) is 5.02 Å². The van der Waals surface area contributed by atoms with Gasteiger partial charge in [0.15, 0.2) is 0 Å². The Labute approximate surface area is 252 Å². The highest BCUT2D eigenvalue weighted by Gasteiger charge is 2.22. The van der Waals surface area contributed by atoms with Crippen LogP contribution in [-0.2, 0) is 14.3 Å². The lowest BCUT2D eigenvalue weighted by molar-refractivity contribution is -0.117. The molecule has 3 amide bonds. The van der Waals surface area contributed by atoms with E-state index in [4.69, 9.17) is 16.6 Å². The van der Waals surface area contributed by atoms with E-state index in [1.165, 1.54) is 24.2 Å². The minimum Gasteiger partial charge on any atom is -0.453 e. The largest absolute Gasteiger partial charge is 0.453 e. The SMILES string of the molecule is COC(=O)Nc1ccc2c(c1)NC(=O)C[C@@H](C)CCC[C@H](NC(=O)/C=C/c1cc(Cl)ccc1-n1cnnn1)c1nc-2c[nH]1. The lowest BCUT2D eigenvalue weighted by Gasteiger charge is -2.17. The van der Waals surface area contributed by atoms with Crippen molar-refractivity contribution in [3.63, 3.8) is 0 Å². The topological polar surface area (TPSA) is 169 Å². The van der Waals surface area contributed by atoms with Gasteiger partial charge in [-0.15, -0.1) is 5.10 Å². The number of imidazole rings is 1. The Hall–Kier alpha value is -5.04. The van der Waals surface area contributed by atoms with Crippen molar-refractivity contribution in [3.05, 3.63) is 71.4 Å². The van der Waals surface area contributed by atoms with E-state index in [1.807, 2.05) is 6.92 Å². The van der Waals surface area contributed by atoms with Crippen molar-refractivity contribution < 1.29 is 19.1 Å². The second kappa shape index (κ2) is 13.3. The van der Waals surface area contributed by atoms with E-state index in [0.29, 0.717) is 57.6 Å². The molecule has 1 aliphatic heterocycles. The van der Waals surface area contributed by atoms with Crippen LogP contribution < -0.4 is 16.0 Å². The number of aromatic nitrogens is 6. The normalized spacial score (nSPS) is 17.1. The Kier molecular flexibility index (Phi) is 9.11. The number of nitrogens with zero attached hydrogens (tertiary/aromatic N) is 5. The van der Waals surface area contributed by atoms with E-state index in [1.54, 1.807) is 48.7 Å². The molecule has 2 atom stereocenters. The van der Waals surface area contributed by atoms with Gasteiger partial charge in [0.25, 0.3) is 0 Å². The van der Waals surface area contributed by atoms with Crippen LogP contribution in [0.3, 0.4) is 0 Å². The van der Waals surface area contributed by atoms with E-state index < -0.39 is 12.1 Å². The molecule has 14 heteroatoms. The number of ether oxygens (including phenoxy) is 1. The summed E-state index contributed by atoms with van der Waals surface area (Å²) in [6.07, 6.45) is 8.11. The summed E-state index contributed by atoms with van der Waals surface area (Å²) in [5.74, 6) is 0.222. The second-order valence-electron chi connectivity index (χ2n) is 10.2. The lowest BCUT2D eigenvalue weighted by atomic mass is 9.98. The van der Waals surface area contributed by atoms with Crippen molar-refractivity contribution in [2.24, 2.45) is 5.92 Å². The number of methoxy groups -OCH3 is 1. The summed E-state index contributed by atoms with van der Waals surface area (Å²) < 4.78 is 6.17. The lowest BCUT2D eigenvalue weighted by Crippen LogP contribution is -2.28. The Balaban J connectivity index is 1.41. The van der Waals surface area contributed by atoms with Gasteiger partial charge in [-0.05, 0) is 65.2 Å². The quantitative estimate of drug-likeness (QED) is 0.233. The number of rotatable bonds is 5. The van der Waals surface area contributed by atoms with Crippen LogP contribution in [0, 0.1) is 5.92 Å². The number of tetrazole rings is 1. The van der Waals surface area contributed by atoms with Gasteiger partial charge in [-0.3, -0.25) is 14.9 Å². The van der Waals surface area contributed by atoms with E-state index in [0.717, 1.165) is 12.8 Å². The zero-order valence-electron chi connectivity index (χ0n) is 23.5. The Morgan fingerprint density at radius 3 is 2.84 bits per heavy atom. The number of halogens is 1. The van der Waals surface area contributed by atoms with Crippen molar-refractivity contribution in [3.8, 4) is 16.9 Å². The first-order valence-corrected chi connectivity index (χ1v) is 14.0. The summed E-state index contributed by atoms with van der Waals surface area (Å²) >= 11 is 6.21. The third kappa shape index (κ3) is 7.43. The summed E-state index contributed by atoms with van der Waals surface area (Å²) in [6, 6.07) is 9.91. The van der Waals surface area contributed by atoms with Crippen molar-refractivity contribution in [1.29, 1.82) is 0 Å². The molecule has 43 heavy (non-hydrogen) atoms. The molecular weight excluding hydrogens is 574 g/mol. The summed E-state index contributed by atoms with van der Waals surface area (Å²) in [7, 11) is 1.27. The van der Waals surface area contributed by atoms with Crippen LogP contribution in [0.4, 0.5) is 16.2 Å². The Morgan fingerprint density at radius 1 is 1.19 bits per heavy atom. The molecule has 0 saturated carbocycles. The number of H-pyrrole nitrogens is 1. The van der Waals surface area contributed by atoms with Gasteiger partial charge >= 0.3 is 6.09 Å². The summed E-state index contributed by atoms with van der Waals surface area (Å²) in [6.45, 7) is 2.02. The molecule has 2 bridgehead atoms. The van der Waals surface area contributed by atoms with Gasteiger partial charge in [-0.25, -0.2) is 9.78 Å². The average Bonchev–Trinajstić information content (AvgIpc) is 3.68. The number of aromatic amines is 1. The fourth-order valence-electron chi connectivity index (χ4n) is 4.86. The Bertz CT molecular complexity index is 1650. The molecule has 13 nitrogen and oxygen atoms in total. The number of carbonyl (C=O) groups is 3. The Morgan fingerprint density at radius 2 is 2.05 bits per heavy atom. The van der Waals surface area contributed by atoms with Gasteiger partial charge in [0.2, 0.25) is 11.8 Å². The number of carbonyl (C=O) groups excluding carboxylic acids is 3. The molecule has 2 aromatic heterocycles. The first kappa shape index (κ1) is 29.5. The standard InChI is InChI=1S/C29H30ClN9O4/c1-17-4-3-5-22(34-26(40)11-6-18-13-19(30)7-10-25(18)39-16-32-37-38-39)28-31-15-24(36-28)21-9-8-20(33-29(42)43-2)14-23(21)35-27(41)12-17/h6-11,13-17,22H,3-5,12H2,1-2H3,(H,31,36)(H,33,42)(H,34,40)(H,35,41)/b11-6+/t17-,22-/m0/s1. The zero-order chi connectivity index (χ0) is 30.3. The van der Waals surface area contributed by atoms with Crippen molar-refractivity contribution >= 4 is 47.0 Å². The predicted molar refractivity (Wildman–Crippen MR) is 160 cm³/mol. The van der Waals surface area contributed by atoms with Gasteiger partial charge in [-0.1, -0.05) is 31.4 Å². The molecule has 1 aliphatic rings. The molecule has 2 aromatic carbocycles. The van der Waals surface area contributed by atoms with Gasteiger partial charge in [0.1, 0.15) is 12.2 Å². The minimum atomic E-state index is -0.624. The number of hydrogen-bond acceptors (Lipinski definition) is 8. The van der Waals surface area contributed by atoms with E-state index >= 15 is 0 Å². The highest BCUT2D eigenvalue weighted by atomic mass is 35.5. The second-order valence-corrected chi connectivity index (χ2v) is 10.6. The highest BCUT2D eigenvalue weighted by molar-refractivity contribution is 6.30. The fraction of sp³-hybridized carbons (Fsp3) is 0.276. The van der Waals surface area contributed by atoms with E-state index in [-0.39, 0.29) is 17.7 Å². The molecule has 0 radical (unpaired) electrons. The number of fused-ring (bicyclic) bond motifs is 4. The zero-order valence-corrected chi connectivity index (χ0v) is 24.3. The van der Waals surface area contributed by atoms with Crippen LogP contribution in [-0.4, -0.2) is 55.2 Å². The molecule has 4 N–H and O–H groups in total. The first-order chi connectivity index (χ1) is 20.8. The maximum absolute atomic E-state index is 13.2. The van der Waals surface area contributed by atoms with Gasteiger partial charge in [0.05, 0.1) is 30.2 Å². The molecule has 0 saturated heterocycles. The van der Waals surface area contributed by atoms with Crippen molar-refractivity contribution in [2.45, 2.75) is 38.6 Å². The molecule has 0 unspecified atom stereocenters. The third-order valence-electron chi connectivity index (χ3n) is 6.97. The van der Waals surface area contributed by atoms with Crippen LogP contribution in [0.25, 0.3) is 23.0 Å². The van der Waals surface area contributed by atoms with Gasteiger partial charge < -0.3 is 20.4 Å².